The van der Waals surface area contributed by atoms with Gasteiger partial charge in [0.1, 0.15) is 36.1 Å². The number of rotatable bonds is 7. The Bertz CT molecular complexity index is 2460. The number of imide groups is 1. The van der Waals surface area contributed by atoms with Crippen LogP contribution >= 0.6 is 0 Å². The van der Waals surface area contributed by atoms with Gasteiger partial charge in [0, 0.05) is 78.6 Å². The Labute approximate surface area is 345 Å². The van der Waals surface area contributed by atoms with Gasteiger partial charge in [-0.15, -0.1) is 0 Å². The van der Waals surface area contributed by atoms with E-state index >= 15 is 8.78 Å². The molecule has 4 amide bonds. The molecule has 7 heterocycles. The highest BCUT2D eigenvalue weighted by Gasteiger charge is 2.49. The predicted octanol–water partition coefficient (Wildman–Crippen LogP) is 5.94. The summed E-state index contributed by atoms with van der Waals surface area (Å²) in [5.41, 5.74) is 3.86. The van der Waals surface area contributed by atoms with E-state index in [2.05, 4.69) is 30.8 Å². The molecule has 14 nitrogen and oxygen atoms in total. The SMILES string of the molecule is Cc1c(-c2cc3cc(NC(=O)OC4CC5(CCN(CC6CN(c7ccc8c(c7F)C(C)N(C7CCC(=O)NC7=O)C8=O)C6)CC5)C4)ncc3cc2F)cnc2c1NCCO2. The normalized spacial score (nSPS) is 22.7. The Morgan fingerprint density at radius 2 is 1.82 bits per heavy atom. The van der Waals surface area contributed by atoms with Gasteiger partial charge in [-0.25, -0.2) is 23.5 Å². The number of piperidine rings is 2. The fourth-order valence-corrected chi connectivity index (χ4v) is 10.3. The van der Waals surface area contributed by atoms with E-state index in [0.717, 1.165) is 56.6 Å². The van der Waals surface area contributed by atoms with Crippen molar-refractivity contribution in [1.82, 2.24) is 25.1 Å². The van der Waals surface area contributed by atoms with Crippen molar-refractivity contribution < 1.29 is 37.4 Å². The van der Waals surface area contributed by atoms with Crippen LogP contribution in [0.3, 0.4) is 0 Å². The van der Waals surface area contributed by atoms with Gasteiger partial charge >= 0.3 is 6.09 Å². The van der Waals surface area contributed by atoms with Crippen molar-refractivity contribution in [1.29, 1.82) is 0 Å². The first-order valence-electron chi connectivity index (χ1n) is 20.8. The van der Waals surface area contributed by atoms with Crippen molar-refractivity contribution in [3.8, 4) is 17.0 Å². The van der Waals surface area contributed by atoms with E-state index in [4.69, 9.17) is 9.47 Å². The molecule has 1 aliphatic carbocycles. The first-order valence-corrected chi connectivity index (χ1v) is 20.8. The number of carbonyl (C=O) groups excluding carboxylic acids is 4. The third kappa shape index (κ3) is 6.64. The molecule has 4 fully saturated rings. The second-order valence-electron chi connectivity index (χ2n) is 17.3. The molecule has 1 saturated carbocycles. The van der Waals surface area contributed by atoms with E-state index in [1.165, 1.54) is 17.2 Å². The highest BCUT2D eigenvalue weighted by molar-refractivity contribution is 6.06. The minimum atomic E-state index is -0.803. The summed E-state index contributed by atoms with van der Waals surface area (Å²) in [7, 11) is 0. The second kappa shape index (κ2) is 14.7. The number of benzene rings is 2. The van der Waals surface area contributed by atoms with E-state index in [1.54, 1.807) is 37.4 Å². The Morgan fingerprint density at radius 3 is 2.60 bits per heavy atom. The van der Waals surface area contributed by atoms with Crippen molar-refractivity contribution in [2.24, 2.45) is 11.3 Å². The summed E-state index contributed by atoms with van der Waals surface area (Å²) in [5.74, 6) is -0.862. The van der Waals surface area contributed by atoms with Crippen molar-refractivity contribution in [3.63, 3.8) is 0 Å². The highest BCUT2D eigenvalue weighted by atomic mass is 19.1. The molecule has 312 valence electrons. The van der Waals surface area contributed by atoms with Gasteiger partial charge in [-0.05, 0) is 106 Å². The maximum absolute atomic E-state index is 16.0. The van der Waals surface area contributed by atoms with Crippen LogP contribution in [0.1, 0.15) is 73.0 Å². The standard InChI is InChI=1S/C44H46F2N8O6/c1-23-31(19-49-41-39(23)47-9-12-59-41)30-13-26-15-35(48-18-27(26)14-32(30)45)50-43(58)60-28-16-44(17-28)7-10-52(11-8-44)20-25-21-53(22-25)33-4-3-29-37(38(33)46)24(2)54(42(29)57)34-5-6-36(55)51-40(34)56/h3-4,13-15,18-19,24-25,28,34,47H,5-12,16-17,20-22H2,1-2H3,(H,48,50,58)(H,51,55,56). The van der Waals surface area contributed by atoms with E-state index in [0.29, 0.717) is 77.0 Å². The molecule has 0 bridgehead atoms. The van der Waals surface area contributed by atoms with Gasteiger partial charge in [0.15, 0.2) is 5.82 Å². The Hall–Kier alpha value is -5.90. The van der Waals surface area contributed by atoms with Crippen molar-refractivity contribution in [3.05, 3.63) is 71.1 Å². The first kappa shape index (κ1) is 38.3. The molecule has 3 saturated heterocycles. The number of hydrogen-bond donors (Lipinski definition) is 3. The third-order valence-corrected chi connectivity index (χ3v) is 13.6. The zero-order chi connectivity index (χ0) is 41.4. The third-order valence-electron chi connectivity index (χ3n) is 13.6. The molecule has 1 spiro atoms. The molecule has 5 aliphatic heterocycles. The molecule has 6 aliphatic rings. The molecule has 10 rings (SSSR count). The van der Waals surface area contributed by atoms with Gasteiger partial charge in [0.05, 0.1) is 11.7 Å². The number of anilines is 3. The second-order valence-corrected chi connectivity index (χ2v) is 17.3. The maximum atomic E-state index is 16.0. The van der Waals surface area contributed by atoms with Crippen LogP contribution in [0.2, 0.25) is 0 Å². The van der Waals surface area contributed by atoms with Gasteiger partial charge in [0.25, 0.3) is 5.91 Å². The molecule has 2 atom stereocenters. The minimum absolute atomic E-state index is 0.142. The first-order chi connectivity index (χ1) is 28.9. The summed E-state index contributed by atoms with van der Waals surface area (Å²) in [6, 6.07) is 6.81. The largest absolute Gasteiger partial charge is 0.474 e. The average Bonchev–Trinajstić information content (AvgIpc) is 3.45. The highest BCUT2D eigenvalue weighted by Crippen LogP contribution is 2.51. The number of carbonyl (C=O) groups is 4. The summed E-state index contributed by atoms with van der Waals surface area (Å²) >= 11 is 0. The van der Waals surface area contributed by atoms with Crippen molar-refractivity contribution in [2.45, 2.75) is 70.6 Å². The lowest BCUT2D eigenvalue weighted by atomic mass is 9.61. The maximum Gasteiger partial charge on any atom is 0.413 e. The minimum Gasteiger partial charge on any atom is -0.474 e. The lowest BCUT2D eigenvalue weighted by molar-refractivity contribution is -0.137. The van der Waals surface area contributed by atoms with Crippen LogP contribution in [-0.4, -0.2) is 102 Å². The number of aromatic nitrogens is 2. The zero-order valence-electron chi connectivity index (χ0n) is 33.5. The van der Waals surface area contributed by atoms with Crippen LogP contribution in [0.25, 0.3) is 21.9 Å². The molecular formula is C44H46F2N8O6. The van der Waals surface area contributed by atoms with Crippen LogP contribution in [0.15, 0.2) is 42.7 Å². The van der Waals surface area contributed by atoms with E-state index in [-0.39, 0.29) is 41.7 Å². The number of pyridine rings is 2. The van der Waals surface area contributed by atoms with Gasteiger partial charge in [-0.1, -0.05) is 0 Å². The summed E-state index contributed by atoms with van der Waals surface area (Å²) < 4.78 is 42.8. The summed E-state index contributed by atoms with van der Waals surface area (Å²) in [5, 5.41) is 9.68. The number of nitrogens with one attached hydrogen (secondary N) is 3. The van der Waals surface area contributed by atoms with Crippen LogP contribution in [-0.2, 0) is 14.3 Å². The van der Waals surface area contributed by atoms with Crippen LogP contribution in [0.4, 0.5) is 30.8 Å². The number of likely N-dealkylation sites (tertiary alicyclic amines) is 1. The summed E-state index contributed by atoms with van der Waals surface area (Å²) in [4.78, 5) is 65.1. The molecule has 0 radical (unpaired) electrons. The van der Waals surface area contributed by atoms with Crippen LogP contribution in [0.5, 0.6) is 5.88 Å². The quantitative estimate of drug-likeness (QED) is 0.190. The summed E-state index contributed by atoms with van der Waals surface area (Å²) in [6.45, 7) is 9.06. The molecule has 2 aromatic heterocycles. The van der Waals surface area contributed by atoms with Crippen LogP contribution in [0, 0.1) is 29.9 Å². The lowest BCUT2D eigenvalue weighted by Gasteiger charge is -2.52. The van der Waals surface area contributed by atoms with Gasteiger partial charge in [0.2, 0.25) is 17.7 Å². The number of nitrogens with zero attached hydrogens (tertiary/aromatic N) is 5. The number of hydrogen-bond acceptors (Lipinski definition) is 11. The molecule has 2 aromatic carbocycles. The Morgan fingerprint density at radius 1 is 1.02 bits per heavy atom. The average molecular weight is 821 g/mol. The fourth-order valence-electron chi connectivity index (χ4n) is 10.3. The molecule has 3 N–H and O–H groups in total. The van der Waals surface area contributed by atoms with E-state index < -0.39 is 35.7 Å². The zero-order valence-corrected chi connectivity index (χ0v) is 33.5. The molecule has 4 aromatic rings. The number of halogens is 2. The van der Waals surface area contributed by atoms with Crippen molar-refractivity contribution in [2.75, 3.05) is 61.4 Å². The molecular weight excluding hydrogens is 775 g/mol. The Kier molecular flexibility index (Phi) is 9.37. The van der Waals surface area contributed by atoms with Gasteiger partial charge in [-0.3, -0.25) is 25.0 Å². The fraction of sp³-hybridized carbons (Fsp3) is 0.455. The number of amides is 4. The summed E-state index contributed by atoms with van der Waals surface area (Å²) in [6.07, 6.45) is 6.45. The van der Waals surface area contributed by atoms with Gasteiger partial charge in [-0.2, -0.15) is 0 Å². The number of fused-ring (bicyclic) bond motifs is 3. The molecule has 60 heavy (non-hydrogen) atoms. The van der Waals surface area contributed by atoms with E-state index in [1.807, 2.05) is 11.8 Å². The topological polar surface area (TPSA) is 158 Å². The van der Waals surface area contributed by atoms with Crippen molar-refractivity contribution >= 4 is 51.8 Å². The lowest BCUT2D eigenvalue weighted by Crippen LogP contribution is -2.55. The van der Waals surface area contributed by atoms with Crippen LogP contribution < -0.4 is 25.6 Å². The molecule has 16 heteroatoms. The number of ether oxygens (including phenoxy) is 2. The monoisotopic (exact) mass is 820 g/mol. The predicted molar refractivity (Wildman–Crippen MR) is 218 cm³/mol. The molecule has 2 unspecified atom stereocenters. The van der Waals surface area contributed by atoms with Gasteiger partial charge < -0.3 is 29.5 Å². The smallest absolute Gasteiger partial charge is 0.413 e. The van der Waals surface area contributed by atoms with E-state index in [9.17, 15) is 19.2 Å². The Balaban J connectivity index is 0.691.